The van der Waals surface area contributed by atoms with Crippen molar-refractivity contribution in [3.05, 3.63) is 82.9 Å². The van der Waals surface area contributed by atoms with Crippen LogP contribution in [0.2, 0.25) is 5.02 Å². The van der Waals surface area contributed by atoms with Crippen molar-refractivity contribution >= 4 is 22.4 Å². The summed E-state index contributed by atoms with van der Waals surface area (Å²) in [6, 6.07) is 21.7. The van der Waals surface area contributed by atoms with Crippen molar-refractivity contribution < 1.29 is 4.39 Å². The van der Waals surface area contributed by atoms with E-state index in [2.05, 4.69) is 13.0 Å². The van der Waals surface area contributed by atoms with Crippen LogP contribution in [0.1, 0.15) is 55.8 Å². The molecule has 2 heteroatoms. The molecule has 0 aliphatic rings. The minimum absolute atomic E-state index is 0.134. The Bertz CT molecular complexity index is 810. The van der Waals surface area contributed by atoms with Crippen LogP contribution < -0.4 is 0 Å². The fourth-order valence-electron chi connectivity index (χ4n) is 3.42. The maximum atomic E-state index is 15.5. The maximum Gasteiger partial charge on any atom is 0.132 e. The van der Waals surface area contributed by atoms with Gasteiger partial charge in [0.1, 0.15) is 6.17 Å². The normalized spacial score (nSPS) is 13.7. The van der Waals surface area contributed by atoms with Gasteiger partial charge in [-0.3, -0.25) is 0 Å². The number of hydrogen-bond donors (Lipinski definition) is 0. The number of alkyl halides is 1. The van der Waals surface area contributed by atoms with Crippen LogP contribution >= 0.6 is 11.6 Å². The number of benzene rings is 3. The molecule has 0 bridgehead atoms. The molecule has 0 aliphatic carbocycles. The molecule has 0 N–H and O–H groups in total. The predicted molar refractivity (Wildman–Crippen MR) is 106 cm³/mol. The molecule has 0 radical (unpaired) electrons. The van der Waals surface area contributed by atoms with E-state index in [1.54, 1.807) is 0 Å². The highest BCUT2D eigenvalue weighted by Crippen LogP contribution is 2.39. The van der Waals surface area contributed by atoms with E-state index in [1.165, 1.54) is 0 Å². The highest BCUT2D eigenvalue weighted by molar-refractivity contribution is 6.30. The van der Waals surface area contributed by atoms with E-state index < -0.39 is 6.17 Å². The second-order valence-electron chi connectivity index (χ2n) is 6.66. The van der Waals surface area contributed by atoms with Gasteiger partial charge in [-0.25, -0.2) is 4.39 Å². The van der Waals surface area contributed by atoms with E-state index in [1.807, 2.05) is 60.7 Å². The molecule has 0 nitrogen and oxygen atoms in total. The summed E-state index contributed by atoms with van der Waals surface area (Å²) in [6.07, 6.45) is 3.15. The van der Waals surface area contributed by atoms with Crippen LogP contribution in [0.15, 0.2) is 66.7 Å². The summed E-state index contributed by atoms with van der Waals surface area (Å²) >= 11 is 6.01. The Morgan fingerprint density at radius 3 is 2.24 bits per heavy atom. The standard InChI is InChI=1S/C23H24ClF/c1-2-3-4-9-22(18-12-14-21(24)15-13-18)23(25)20-11-10-17-7-5-6-8-19(17)16-20/h5-8,10-16,22-23H,2-4,9H2,1H3. The molecule has 0 saturated carbocycles. The van der Waals surface area contributed by atoms with E-state index in [0.717, 1.165) is 47.6 Å². The zero-order valence-corrected chi connectivity index (χ0v) is 15.3. The predicted octanol–water partition coefficient (Wildman–Crippen LogP) is 7.87. The van der Waals surface area contributed by atoms with Gasteiger partial charge in [-0.2, -0.15) is 0 Å². The molecule has 0 spiro atoms. The van der Waals surface area contributed by atoms with Gasteiger partial charge in [-0.05, 0) is 46.5 Å². The summed E-state index contributed by atoms with van der Waals surface area (Å²) in [6.45, 7) is 2.17. The summed E-state index contributed by atoms with van der Waals surface area (Å²) in [7, 11) is 0. The van der Waals surface area contributed by atoms with Crippen LogP contribution in [0.3, 0.4) is 0 Å². The van der Waals surface area contributed by atoms with E-state index in [0.29, 0.717) is 5.02 Å². The lowest BCUT2D eigenvalue weighted by molar-refractivity contribution is 0.273. The first-order valence-corrected chi connectivity index (χ1v) is 9.45. The highest BCUT2D eigenvalue weighted by atomic mass is 35.5. The first-order chi connectivity index (χ1) is 12.2. The molecule has 25 heavy (non-hydrogen) atoms. The number of fused-ring (bicyclic) bond motifs is 1. The Balaban J connectivity index is 1.90. The molecule has 0 heterocycles. The molecule has 0 amide bonds. The molecule has 0 aliphatic heterocycles. The van der Waals surface area contributed by atoms with Gasteiger partial charge in [0.25, 0.3) is 0 Å². The Kier molecular flexibility index (Phi) is 6.09. The summed E-state index contributed by atoms with van der Waals surface area (Å²) in [5, 5.41) is 2.93. The zero-order chi connectivity index (χ0) is 17.6. The molecule has 0 fully saturated rings. The van der Waals surface area contributed by atoms with E-state index >= 15 is 4.39 Å². The smallest absolute Gasteiger partial charge is 0.132 e. The fourth-order valence-corrected chi connectivity index (χ4v) is 3.54. The van der Waals surface area contributed by atoms with E-state index in [-0.39, 0.29) is 5.92 Å². The lowest BCUT2D eigenvalue weighted by Crippen LogP contribution is -2.08. The first-order valence-electron chi connectivity index (χ1n) is 9.07. The van der Waals surface area contributed by atoms with Crippen molar-refractivity contribution in [1.29, 1.82) is 0 Å². The molecule has 0 saturated heterocycles. The number of rotatable bonds is 7. The molecule has 2 unspecified atom stereocenters. The minimum Gasteiger partial charge on any atom is -0.242 e. The van der Waals surface area contributed by atoms with Crippen LogP contribution in [0.25, 0.3) is 10.8 Å². The van der Waals surface area contributed by atoms with Crippen molar-refractivity contribution in [2.75, 3.05) is 0 Å². The quantitative estimate of drug-likeness (QED) is 0.378. The molecule has 3 aromatic carbocycles. The summed E-state index contributed by atoms with van der Waals surface area (Å²) in [4.78, 5) is 0. The molecule has 2 atom stereocenters. The highest BCUT2D eigenvalue weighted by Gasteiger charge is 2.24. The van der Waals surface area contributed by atoms with Crippen LogP contribution in [0.4, 0.5) is 4.39 Å². The van der Waals surface area contributed by atoms with Crippen LogP contribution in [0, 0.1) is 0 Å². The zero-order valence-electron chi connectivity index (χ0n) is 14.6. The fraction of sp³-hybridized carbons (Fsp3) is 0.304. The van der Waals surface area contributed by atoms with Crippen molar-refractivity contribution in [2.24, 2.45) is 0 Å². The van der Waals surface area contributed by atoms with Crippen molar-refractivity contribution in [3.63, 3.8) is 0 Å². The van der Waals surface area contributed by atoms with Gasteiger partial charge in [0, 0.05) is 10.9 Å². The Hall–Kier alpha value is -1.86. The SMILES string of the molecule is CCCCCC(c1ccc(Cl)cc1)C(F)c1ccc2ccccc2c1. The van der Waals surface area contributed by atoms with Crippen LogP contribution in [-0.2, 0) is 0 Å². The largest absolute Gasteiger partial charge is 0.242 e. The van der Waals surface area contributed by atoms with Gasteiger partial charge in [-0.15, -0.1) is 0 Å². The van der Waals surface area contributed by atoms with E-state index in [4.69, 9.17) is 11.6 Å². The monoisotopic (exact) mass is 354 g/mol. The second-order valence-corrected chi connectivity index (χ2v) is 7.10. The summed E-state index contributed by atoms with van der Waals surface area (Å²) in [5.41, 5.74) is 1.79. The Morgan fingerprint density at radius 1 is 0.840 bits per heavy atom. The van der Waals surface area contributed by atoms with Crippen LogP contribution in [-0.4, -0.2) is 0 Å². The molecule has 130 valence electrons. The number of unbranched alkanes of at least 4 members (excludes halogenated alkanes) is 2. The van der Waals surface area contributed by atoms with Crippen molar-refractivity contribution in [3.8, 4) is 0 Å². The minimum atomic E-state index is -1.01. The molecule has 0 aromatic heterocycles. The third-order valence-electron chi connectivity index (χ3n) is 4.86. The average molecular weight is 355 g/mol. The van der Waals surface area contributed by atoms with Gasteiger partial charge >= 0.3 is 0 Å². The molecule has 3 aromatic rings. The van der Waals surface area contributed by atoms with Gasteiger partial charge in [0.15, 0.2) is 0 Å². The summed E-state index contributed by atoms with van der Waals surface area (Å²) in [5.74, 6) is -0.134. The number of halogens is 2. The summed E-state index contributed by atoms with van der Waals surface area (Å²) < 4.78 is 15.5. The molecular weight excluding hydrogens is 331 g/mol. The molecule has 3 rings (SSSR count). The van der Waals surface area contributed by atoms with Gasteiger partial charge in [0.2, 0.25) is 0 Å². The van der Waals surface area contributed by atoms with Crippen molar-refractivity contribution in [2.45, 2.75) is 44.7 Å². The van der Waals surface area contributed by atoms with Crippen molar-refractivity contribution in [1.82, 2.24) is 0 Å². The first kappa shape index (κ1) is 17.9. The second kappa shape index (κ2) is 8.49. The maximum absolute atomic E-state index is 15.5. The average Bonchev–Trinajstić information content (AvgIpc) is 2.65. The van der Waals surface area contributed by atoms with Gasteiger partial charge in [0.05, 0.1) is 0 Å². The third-order valence-corrected chi connectivity index (χ3v) is 5.11. The third kappa shape index (κ3) is 4.41. The van der Waals surface area contributed by atoms with Gasteiger partial charge in [-0.1, -0.05) is 86.3 Å². The molecular formula is C23H24ClF. The number of hydrogen-bond acceptors (Lipinski definition) is 0. The Morgan fingerprint density at radius 2 is 1.52 bits per heavy atom. The Labute approximate surface area is 154 Å². The van der Waals surface area contributed by atoms with Gasteiger partial charge < -0.3 is 0 Å². The lowest BCUT2D eigenvalue weighted by atomic mass is 9.85. The van der Waals surface area contributed by atoms with E-state index in [9.17, 15) is 0 Å². The topological polar surface area (TPSA) is 0 Å². The van der Waals surface area contributed by atoms with Crippen LogP contribution in [0.5, 0.6) is 0 Å². The lowest BCUT2D eigenvalue weighted by Gasteiger charge is -2.22.